The van der Waals surface area contributed by atoms with Crippen molar-refractivity contribution in [2.45, 2.75) is 127 Å². The topological polar surface area (TPSA) is 173 Å². The molecule has 1 rings (SSSR count). The maximum atomic E-state index is 10.4. The summed E-state index contributed by atoms with van der Waals surface area (Å²) >= 11 is 0. The lowest BCUT2D eigenvalue weighted by atomic mass is 9.99. The Morgan fingerprint density at radius 1 is 0.604 bits per heavy atom. The van der Waals surface area contributed by atoms with Gasteiger partial charge in [-0.05, 0) is 90.4 Å². The predicted octanol–water partition coefficient (Wildman–Crippen LogP) is 2.86. The van der Waals surface area contributed by atoms with Gasteiger partial charge in [0.05, 0.1) is 33.0 Å². The Labute approximate surface area is 294 Å². The quantitative estimate of drug-likeness (QED) is 0.0746. The van der Waals surface area contributed by atoms with E-state index in [-0.39, 0.29) is 19.8 Å². The smallest absolute Gasteiger partial charge is 0.317 e. The highest BCUT2D eigenvalue weighted by molar-refractivity contribution is 6.90. The average molecular weight is 781 g/mol. The fourth-order valence-corrected chi connectivity index (χ4v) is 29.4. The molecule has 1 fully saturated rings. The SMILES string of the molecule is COCCOCCC[Si](C)(O[Si](C)(C)C)O[Si](C)(CCCOCC(O)COCC1OC(OC)C(O)C(O)C1O)O[Si](C)(C)O[Si](C)(C)C. The van der Waals surface area contributed by atoms with Crippen LogP contribution in [-0.4, -0.2) is 160 Å². The van der Waals surface area contributed by atoms with E-state index in [9.17, 15) is 20.4 Å². The van der Waals surface area contributed by atoms with E-state index in [1.807, 2.05) is 0 Å². The summed E-state index contributed by atoms with van der Waals surface area (Å²) in [4.78, 5) is 0. The van der Waals surface area contributed by atoms with Crippen LogP contribution in [0, 0.1) is 0 Å². The molecule has 0 bridgehead atoms. The fraction of sp³-hybridized carbons (Fsp3) is 1.00. The van der Waals surface area contributed by atoms with E-state index in [2.05, 4.69) is 65.5 Å². The van der Waals surface area contributed by atoms with Crippen LogP contribution in [0.2, 0.25) is 77.6 Å². The Balaban J connectivity index is 2.79. The van der Waals surface area contributed by atoms with Crippen molar-refractivity contribution in [3.05, 3.63) is 0 Å². The van der Waals surface area contributed by atoms with Gasteiger partial charge in [0.25, 0.3) is 0 Å². The molecule has 1 aliphatic rings. The van der Waals surface area contributed by atoms with Gasteiger partial charge in [-0.25, -0.2) is 0 Å². The molecule has 14 nitrogen and oxygen atoms in total. The Hall–Kier alpha value is 0.524. The van der Waals surface area contributed by atoms with Crippen LogP contribution in [-0.2, 0) is 44.9 Å². The summed E-state index contributed by atoms with van der Waals surface area (Å²) < 4.78 is 60.1. The van der Waals surface area contributed by atoms with Crippen molar-refractivity contribution in [3.63, 3.8) is 0 Å². The first-order valence-corrected chi connectivity index (χ1v) is 31.7. The summed E-state index contributed by atoms with van der Waals surface area (Å²) in [6.07, 6.45) is -5.64. The Morgan fingerprint density at radius 2 is 1.15 bits per heavy atom. The molecule has 0 aliphatic carbocycles. The molecule has 288 valence electrons. The minimum absolute atomic E-state index is 0.0450. The molecule has 1 saturated heterocycles. The lowest BCUT2D eigenvalue weighted by molar-refractivity contribution is -0.296. The summed E-state index contributed by atoms with van der Waals surface area (Å²) in [5.41, 5.74) is 0. The van der Waals surface area contributed by atoms with Crippen molar-refractivity contribution in [1.82, 2.24) is 0 Å². The van der Waals surface area contributed by atoms with Gasteiger partial charge in [-0.15, -0.1) is 0 Å². The van der Waals surface area contributed by atoms with E-state index in [0.717, 1.165) is 12.5 Å². The molecule has 0 aromatic heterocycles. The average Bonchev–Trinajstić information content (AvgIpc) is 2.91. The van der Waals surface area contributed by atoms with Crippen molar-refractivity contribution < 1.29 is 65.3 Å². The third-order valence-corrected chi connectivity index (χ3v) is 25.3. The van der Waals surface area contributed by atoms with Crippen molar-refractivity contribution in [2.24, 2.45) is 0 Å². The summed E-state index contributed by atoms with van der Waals surface area (Å²) in [7, 11) is -8.90. The molecule has 0 saturated carbocycles. The monoisotopic (exact) mass is 780 g/mol. The zero-order valence-electron chi connectivity index (χ0n) is 31.6. The van der Waals surface area contributed by atoms with Gasteiger partial charge in [-0.2, -0.15) is 0 Å². The molecule has 0 amide bonds. The summed E-state index contributed by atoms with van der Waals surface area (Å²) in [6.45, 7) is 23.4. The number of hydrogen-bond acceptors (Lipinski definition) is 14. The van der Waals surface area contributed by atoms with Gasteiger partial charge in [-0.3, -0.25) is 0 Å². The molecule has 0 spiro atoms. The normalized spacial score (nSPS) is 25.9. The summed E-state index contributed by atoms with van der Waals surface area (Å²) in [5.74, 6) is 0. The largest absolute Gasteiger partial charge is 0.437 e. The van der Waals surface area contributed by atoms with Gasteiger partial charge in [0.1, 0.15) is 30.5 Å². The lowest BCUT2D eigenvalue weighted by Crippen LogP contribution is -2.60. The molecule has 4 N–H and O–H groups in total. The molecule has 48 heavy (non-hydrogen) atoms. The van der Waals surface area contributed by atoms with Crippen LogP contribution < -0.4 is 0 Å². The van der Waals surface area contributed by atoms with Gasteiger partial charge in [0, 0.05) is 27.4 Å². The fourth-order valence-electron chi connectivity index (χ4n) is 5.70. The van der Waals surface area contributed by atoms with Crippen molar-refractivity contribution in [2.75, 3.05) is 60.5 Å². The number of ether oxygens (including phenoxy) is 6. The van der Waals surface area contributed by atoms with E-state index in [4.69, 9.17) is 44.9 Å². The number of rotatable bonds is 26. The molecule has 1 heterocycles. The van der Waals surface area contributed by atoms with Crippen molar-refractivity contribution in [1.29, 1.82) is 0 Å². The third-order valence-electron chi connectivity index (χ3n) is 7.04. The van der Waals surface area contributed by atoms with Gasteiger partial charge in [0.15, 0.2) is 22.9 Å². The Kier molecular flexibility index (Phi) is 20.6. The zero-order valence-corrected chi connectivity index (χ0v) is 36.6. The second-order valence-electron chi connectivity index (χ2n) is 15.1. The van der Waals surface area contributed by atoms with E-state index in [1.165, 1.54) is 7.11 Å². The first kappa shape index (κ1) is 46.5. The van der Waals surface area contributed by atoms with Crippen molar-refractivity contribution in [3.8, 4) is 0 Å². The highest BCUT2D eigenvalue weighted by Gasteiger charge is 2.49. The summed E-state index contributed by atoms with van der Waals surface area (Å²) in [5, 5.41) is 40.6. The molecule has 0 aromatic rings. The van der Waals surface area contributed by atoms with Crippen LogP contribution in [0.3, 0.4) is 0 Å². The lowest BCUT2D eigenvalue weighted by Gasteiger charge is -2.44. The van der Waals surface area contributed by atoms with E-state index < -0.39 is 79.1 Å². The van der Waals surface area contributed by atoms with Gasteiger partial charge >= 0.3 is 25.7 Å². The predicted molar refractivity (Wildman–Crippen MR) is 195 cm³/mol. The number of methoxy groups -OCH3 is 2. The second kappa shape index (κ2) is 21.3. The zero-order chi connectivity index (χ0) is 36.8. The summed E-state index contributed by atoms with van der Waals surface area (Å²) in [6, 6.07) is 1.45. The van der Waals surface area contributed by atoms with E-state index in [0.29, 0.717) is 38.9 Å². The van der Waals surface area contributed by atoms with Crippen molar-refractivity contribution >= 4 is 42.3 Å². The molecule has 0 aromatic carbocycles. The first-order valence-electron chi connectivity index (χ1n) is 17.0. The molecular formula is C29H68O14Si5. The minimum Gasteiger partial charge on any atom is -0.437 e. The van der Waals surface area contributed by atoms with Crippen LogP contribution in [0.4, 0.5) is 0 Å². The van der Waals surface area contributed by atoms with Crippen LogP contribution >= 0.6 is 0 Å². The maximum absolute atomic E-state index is 10.4. The second-order valence-corrected chi connectivity index (χ2v) is 35.2. The third kappa shape index (κ3) is 19.4. The molecule has 1 aliphatic heterocycles. The molecule has 8 atom stereocenters. The maximum Gasteiger partial charge on any atom is 0.317 e. The van der Waals surface area contributed by atoms with Crippen LogP contribution in [0.5, 0.6) is 0 Å². The Morgan fingerprint density at radius 3 is 1.69 bits per heavy atom. The van der Waals surface area contributed by atoms with Gasteiger partial charge < -0.3 is 65.3 Å². The van der Waals surface area contributed by atoms with E-state index >= 15 is 0 Å². The standard InChI is InChI=1S/C29H68O14Si5/c1-34-17-18-36-15-13-19-47(11,41-45(6,7)8)43-48(12,42-46(9,10)40-44(3,4)5)20-14-16-37-21-24(30)22-38-23-25-26(31)27(32)28(33)29(35-2)39-25/h24-33H,13-23H2,1-12H3. The van der Waals surface area contributed by atoms with Gasteiger partial charge in [-0.1, -0.05) is 0 Å². The molecule has 19 heteroatoms. The molecule has 8 unspecified atom stereocenters. The van der Waals surface area contributed by atoms with Gasteiger partial charge in [0.2, 0.25) is 0 Å². The number of hydrogen-bond donors (Lipinski definition) is 4. The first-order chi connectivity index (χ1) is 22.0. The molecular weight excluding hydrogens is 713 g/mol. The van der Waals surface area contributed by atoms with Crippen LogP contribution in [0.15, 0.2) is 0 Å². The highest BCUT2D eigenvalue weighted by atomic mass is 28.5. The van der Waals surface area contributed by atoms with E-state index in [1.54, 1.807) is 7.11 Å². The Bertz CT molecular complexity index is 880. The number of aliphatic hydroxyl groups excluding tert-OH is 4. The van der Waals surface area contributed by atoms with Crippen LogP contribution in [0.1, 0.15) is 12.8 Å². The molecule has 0 radical (unpaired) electrons. The minimum atomic E-state index is -2.84. The highest BCUT2D eigenvalue weighted by Crippen LogP contribution is 2.32. The van der Waals surface area contributed by atoms with Crippen LogP contribution in [0.25, 0.3) is 0 Å². The number of aliphatic hydroxyl groups is 4.